The van der Waals surface area contributed by atoms with Crippen LogP contribution in [0.15, 0.2) is 0 Å². The summed E-state index contributed by atoms with van der Waals surface area (Å²) in [5, 5.41) is 0. The summed E-state index contributed by atoms with van der Waals surface area (Å²) < 4.78 is 10.7. The second-order valence-corrected chi connectivity index (χ2v) is 4.98. The maximum atomic E-state index is 11.7. The van der Waals surface area contributed by atoms with E-state index in [0.29, 0.717) is 13.2 Å². The van der Waals surface area contributed by atoms with E-state index in [0.717, 1.165) is 6.42 Å². The molecule has 0 radical (unpaired) electrons. The fraction of sp³-hybridized carbons (Fsp3) is 0.900. The van der Waals surface area contributed by atoms with Gasteiger partial charge in [0.15, 0.2) is 0 Å². The second-order valence-electron chi connectivity index (χ2n) is 4.98. The van der Waals surface area contributed by atoms with Crippen molar-refractivity contribution in [1.29, 1.82) is 0 Å². The molecular weight excluding hydrogens is 182 g/mol. The van der Waals surface area contributed by atoms with Gasteiger partial charge in [0, 0.05) is 0 Å². The Kier molecular flexibility index (Phi) is 2.18. The Labute approximate surface area is 84.2 Å². The third-order valence-corrected chi connectivity index (χ3v) is 2.53. The number of carbonyl (C=O) groups is 1. The average molecular weight is 199 g/mol. The summed E-state index contributed by atoms with van der Waals surface area (Å²) in [4.78, 5) is 13.5. The fourth-order valence-electron chi connectivity index (χ4n) is 1.94. The number of hydrogen-bond donors (Lipinski definition) is 0. The summed E-state index contributed by atoms with van der Waals surface area (Å²) in [6.07, 6.45) is 1.01. The molecule has 0 N–H and O–H groups in total. The summed E-state index contributed by atoms with van der Waals surface area (Å²) in [6.45, 7) is 7.02. The molecule has 0 spiro atoms. The predicted octanol–water partition coefficient (Wildman–Crippen LogP) is 1.39. The van der Waals surface area contributed by atoms with Crippen molar-refractivity contribution in [2.24, 2.45) is 0 Å². The van der Waals surface area contributed by atoms with Crippen molar-refractivity contribution < 1.29 is 14.3 Å². The zero-order chi connectivity index (χ0) is 10.3. The normalized spacial score (nSPS) is 30.9. The number of hydrogen-bond acceptors (Lipinski definition) is 3. The standard InChI is InChI=1S/C10H17NO3/c1-10(2,3)14-9(12)11-5-8-4-7(11)6-13-8/h7-8H,4-6H2,1-3H3/t7-,8-/m0/s1. The molecule has 2 saturated heterocycles. The lowest BCUT2D eigenvalue weighted by Gasteiger charge is -2.29. The van der Waals surface area contributed by atoms with Gasteiger partial charge in [-0.1, -0.05) is 0 Å². The summed E-state index contributed by atoms with van der Waals surface area (Å²) in [7, 11) is 0. The largest absolute Gasteiger partial charge is 0.444 e. The van der Waals surface area contributed by atoms with Crippen LogP contribution in [0.5, 0.6) is 0 Å². The van der Waals surface area contributed by atoms with Crippen molar-refractivity contribution in [3.63, 3.8) is 0 Å². The molecule has 80 valence electrons. The van der Waals surface area contributed by atoms with Gasteiger partial charge >= 0.3 is 6.09 Å². The summed E-state index contributed by atoms with van der Waals surface area (Å²) in [6, 6.07) is 0.245. The number of morpholine rings is 1. The molecule has 2 fully saturated rings. The molecule has 14 heavy (non-hydrogen) atoms. The number of likely N-dealkylation sites (tertiary alicyclic amines) is 1. The molecule has 2 bridgehead atoms. The maximum absolute atomic E-state index is 11.7. The van der Waals surface area contributed by atoms with Gasteiger partial charge in [-0.05, 0) is 27.2 Å². The van der Waals surface area contributed by atoms with Crippen LogP contribution in [0.25, 0.3) is 0 Å². The molecular formula is C10H17NO3. The first-order valence-corrected chi connectivity index (χ1v) is 5.07. The van der Waals surface area contributed by atoms with E-state index in [2.05, 4.69) is 0 Å². The number of carbonyl (C=O) groups excluding carboxylic acids is 1. The highest BCUT2D eigenvalue weighted by atomic mass is 16.6. The lowest BCUT2D eigenvalue weighted by atomic mass is 10.2. The topological polar surface area (TPSA) is 38.8 Å². The van der Waals surface area contributed by atoms with Crippen LogP contribution in [0, 0.1) is 0 Å². The van der Waals surface area contributed by atoms with Crippen LogP contribution >= 0.6 is 0 Å². The zero-order valence-corrected chi connectivity index (χ0v) is 8.95. The van der Waals surface area contributed by atoms with Gasteiger partial charge in [-0.2, -0.15) is 0 Å². The molecule has 4 heteroatoms. The number of amides is 1. The second kappa shape index (κ2) is 3.12. The molecule has 2 atom stereocenters. The Bertz CT molecular complexity index is 246. The Morgan fingerprint density at radius 3 is 2.64 bits per heavy atom. The summed E-state index contributed by atoms with van der Waals surface area (Å²) >= 11 is 0. The zero-order valence-electron chi connectivity index (χ0n) is 8.95. The Morgan fingerprint density at radius 2 is 2.21 bits per heavy atom. The van der Waals surface area contributed by atoms with Crippen LogP contribution in [-0.4, -0.2) is 41.9 Å². The van der Waals surface area contributed by atoms with Gasteiger partial charge in [0.2, 0.25) is 0 Å². The number of fused-ring (bicyclic) bond motifs is 2. The van der Waals surface area contributed by atoms with Crippen molar-refractivity contribution in [2.45, 2.75) is 44.9 Å². The Balaban J connectivity index is 1.93. The first kappa shape index (κ1) is 9.77. The van der Waals surface area contributed by atoms with E-state index >= 15 is 0 Å². The van der Waals surface area contributed by atoms with Crippen LogP contribution in [0.1, 0.15) is 27.2 Å². The van der Waals surface area contributed by atoms with Crippen molar-refractivity contribution in [3.8, 4) is 0 Å². The molecule has 0 aromatic heterocycles. The van der Waals surface area contributed by atoms with E-state index in [-0.39, 0.29) is 18.2 Å². The lowest BCUT2D eigenvalue weighted by Crippen LogP contribution is -2.44. The molecule has 2 aliphatic rings. The number of nitrogens with zero attached hydrogens (tertiary/aromatic N) is 1. The molecule has 0 aliphatic carbocycles. The third-order valence-electron chi connectivity index (χ3n) is 2.53. The highest BCUT2D eigenvalue weighted by molar-refractivity contribution is 5.69. The molecule has 0 aromatic rings. The summed E-state index contributed by atoms with van der Waals surface area (Å²) in [5.74, 6) is 0. The quantitative estimate of drug-likeness (QED) is 0.592. The van der Waals surface area contributed by atoms with E-state index in [1.54, 1.807) is 4.90 Å². The summed E-state index contributed by atoms with van der Waals surface area (Å²) in [5.41, 5.74) is -0.403. The van der Waals surface area contributed by atoms with Gasteiger partial charge in [-0.25, -0.2) is 4.79 Å². The Hall–Kier alpha value is -0.770. The van der Waals surface area contributed by atoms with Gasteiger partial charge in [0.1, 0.15) is 5.60 Å². The van der Waals surface area contributed by atoms with E-state index < -0.39 is 5.60 Å². The van der Waals surface area contributed by atoms with E-state index in [1.807, 2.05) is 20.8 Å². The minimum absolute atomic E-state index is 0.201. The Morgan fingerprint density at radius 1 is 1.50 bits per heavy atom. The van der Waals surface area contributed by atoms with Crippen molar-refractivity contribution in [3.05, 3.63) is 0 Å². The van der Waals surface area contributed by atoms with Crippen LogP contribution in [0.4, 0.5) is 4.79 Å². The molecule has 0 saturated carbocycles. The number of rotatable bonds is 0. The van der Waals surface area contributed by atoms with Crippen LogP contribution < -0.4 is 0 Å². The predicted molar refractivity (Wildman–Crippen MR) is 51.1 cm³/mol. The van der Waals surface area contributed by atoms with E-state index in [9.17, 15) is 4.79 Å². The van der Waals surface area contributed by atoms with E-state index in [1.165, 1.54) is 0 Å². The molecule has 4 nitrogen and oxygen atoms in total. The van der Waals surface area contributed by atoms with Crippen LogP contribution in [0.2, 0.25) is 0 Å². The van der Waals surface area contributed by atoms with Gasteiger partial charge in [-0.15, -0.1) is 0 Å². The van der Waals surface area contributed by atoms with Crippen LogP contribution in [0.3, 0.4) is 0 Å². The highest BCUT2D eigenvalue weighted by Gasteiger charge is 2.42. The van der Waals surface area contributed by atoms with Gasteiger partial charge < -0.3 is 14.4 Å². The molecule has 0 aromatic carbocycles. The molecule has 2 rings (SSSR count). The monoisotopic (exact) mass is 199 g/mol. The van der Waals surface area contributed by atoms with Crippen molar-refractivity contribution >= 4 is 6.09 Å². The minimum Gasteiger partial charge on any atom is -0.444 e. The highest BCUT2D eigenvalue weighted by Crippen LogP contribution is 2.28. The minimum atomic E-state index is -0.403. The molecule has 0 unspecified atom stereocenters. The molecule has 2 heterocycles. The maximum Gasteiger partial charge on any atom is 0.410 e. The molecule has 2 aliphatic heterocycles. The lowest BCUT2D eigenvalue weighted by molar-refractivity contribution is -0.00882. The van der Waals surface area contributed by atoms with Crippen LogP contribution in [-0.2, 0) is 9.47 Å². The smallest absolute Gasteiger partial charge is 0.410 e. The van der Waals surface area contributed by atoms with Gasteiger partial charge in [0.05, 0.1) is 25.3 Å². The molecule has 1 amide bonds. The SMILES string of the molecule is CC(C)(C)OC(=O)N1C[C@@H]2C[C@H]1CO2. The van der Waals surface area contributed by atoms with Gasteiger partial charge in [0.25, 0.3) is 0 Å². The van der Waals surface area contributed by atoms with Crippen molar-refractivity contribution in [2.75, 3.05) is 13.2 Å². The first-order chi connectivity index (χ1) is 6.46. The third kappa shape index (κ3) is 1.85. The first-order valence-electron chi connectivity index (χ1n) is 5.07. The number of ether oxygens (including phenoxy) is 2. The van der Waals surface area contributed by atoms with Crippen molar-refractivity contribution in [1.82, 2.24) is 4.90 Å². The fourth-order valence-corrected chi connectivity index (χ4v) is 1.94. The van der Waals surface area contributed by atoms with Gasteiger partial charge in [-0.3, -0.25) is 0 Å². The average Bonchev–Trinajstić information content (AvgIpc) is 2.59. The van der Waals surface area contributed by atoms with E-state index in [4.69, 9.17) is 9.47 Å².